The molecule has 0 amide bonds. The molecule has 1 aliphatic rings. The second-order valence-corrected chi connectivity index (χ2v) is 9.37. The SMILES string of the molecule is COc1ccc2c(c1)c(C1=C(Cl)CN(C)C1)cn2S(=O)(=O)c1ccc(C)cc1. The molecule has 146 valence electrons. The zero-order valence-electron chi connectivity index (χ0n) is 15.9. The molecule has 2 heterocycles. The predicted octanol–water partition coefficient (Wildman–Crippen LogP) is 4.09. The lowest BCUT2D eigenvalue weighted by molar-refractivity contribution is 0.415. The summed E-state index contributed by atoms with van der Waals surface area (Å²) in [5.74, 6) is 0.669. The number of hydrogen-bond donors (Lipinski definition) is 0. The molecular weight excluding hydrogens is 396 g/mol. The highest BCUT2D eigenvalue weighted by Gasteiger charge is 2.26. The average molecular weight is 417 g/mol. The van der Waals surface area contributed by atoms with E-state index in [1.807, 2.05) is 20.0 Å². The van der Waals surface area contributed by atoms with Gasteiger partial charge in [0.15, 0.2) is 0 Å². The largest absolute Gasteiger partial charge is 0.497 e. The number of methoxy groups -OCH3 is 1. The van der Waals surface area contributed by atoms with Gasteiger partial charge in [-0.3, -0.25) is 4.90 Å². The average Bonchev–Trinajstić information content (AvgIpc) is 3.21. The van der Waals surface area contributed by atoms with Gasteiger partial charge < -0.3 is 4.74 Å². The number of fused-ring (bicyclic) bond motifs is 1. The lowest BCUT2D eigenvalue weighted by atomic mass is 10.1. The number of aryl methyl sites for hydroxylation is 1. The molecule has 0 fully saturated rings. The van der Waals surface area contributed by atoms with Crippen molar-refractivity contribution in [2.45, 2.75) is 11.8 Å². The Kier molecular flexibility index (Phi) is 4.73. The fourth-order valence-electron chi connectivity index (χ4n) is 3.54. The molecule has 0 atom stereocenters. The molecule has 0 radical (unpaired) electrons. The smallest absolute Gasteiger partial charge is 0.268 e. The first-order valence-corrected chi connectivity index (χ1v) is 10.7. The van der Waals surface area contributed by atoms with Crippen molar-refractivity contribution in [1.29, 1.82) is 0 Å². The summed E-state index contributed by atoms with van der Waals surface area (Å²) in [5.41, 5.74) is 3.37. The first-order valence-electron chi connectivity index (χ1n) is 8.89. The molecule has 0 bridgehead atoms. The summed E-state index contributed by atoms with van der Waals surface area (Å²) in [6.45, 7) is 3.24. The molecule has 7 heteroatoms. The molecule has 28 heavy (non-hydrogen) atoms. The third-order valence-electron chi connectivity index (χ3n) is 5.04. The van der Waals surface area contributed by atoms with Crippen LogP contribution < -0.4 is 4.74 Å². The molecule has 2 aromatic carbocycles. The van der Waals surface area contributed by atoms with Crippen LogP contribution in [-0.4, -0.2) is 44.5 Å². The van der Waals surface area contributed by atoms with E-state index in [-0.39, 0.29) is 4.90 Å². The van der Waals surface area contributed by atoms with Crippen LogP contribution in [0.2, 0.25) is 0 Å². The molecule has 1 aliphatic heterocycles. The molecular formula is C21H21ClN2O3S. The number of aromatic nitrogens is 1. The quantitative estimate of drug-likeness (QED) is 0.642. The van der Waals surface area contributed by atoms with E-state index in [1.54, 1.807) is 49.7 Å². The van der Waals surface area contributed by atoms with Crippen molar-refractivity contribution in [2.24, 2.45) is 0 Å². The Hall–Kier alpha value is -2.28. The fraction of sp³-hybridized carbons (Fsp3) is 0.238. The Balaban J connectivity index is 1.97. The highest BCUT2D eigenvalue weighted by molar-refractivity contribution is 7.90. The Labute approximate surface area is 169 Å². The van der Waals surface area contributed by atoms with Gasteiger partial charge in [0.1, 0.15) is 5.75 Å². The van der Waals surface area contributed by atoms with Crippen LogP contribution in [0.25, 0.3) is 16.5 Å². The maximum Gasteiger partial charge on any atom is 0.268 e. The van der Waals surface area contributed by atoms with Gasteiger partial charge in [0.05, 0.1) is 17.5 Å². The molecule has 4 rings (SSSR count). The summed E-state index contributed by atoms with van der Waals surface area (Å²) in [4.78, 5) is 2.34. The molecule has 0 saturated carbocycles. The van der Waals surface area contributed by atoms with Gasteiger partial charge in [-0.15, -0.1) is 0 Å². The van der Waals surface area contributed by atoms with Crippen LogP contribution in [-0.2, 0) is 10.0 Å². The van der Waals surface area contributed by atoms with E-state index in [2.05, 4.69) is 4.90 Å². The predicted molar refractivity (Wildman–Crippen MR) is 113 cm³/mol. The monoisotopic (exact) mass is 416 g/mol. The number of likely N-dealkylation sites (N-methyl/N-ethyl adjacent to an activating group) is 1. The van der Waals surface area contributed by atoms with Gasteiger partial charge >= 0.3 is 0 Å². The van der Waals surface area contributed by atoms with Gasteiger partial charge in [0.2, 0.25) is 0 Å². The summed E-state index contributed by atoms with van der Waals surface area (Å²) < 4.78 is 33.4. The third kappa shape index (κ3) is 3.11. The first-order chi connectivity index (χ1) is 13.3. The normalized spacial score (nSPS) is 15.6. The Morgan fingerprint density at radius 3 is 2.39 bits per heavy atom. The van der Waals surface area contributed by atoms with Crippen LogP contribution in [0.4, 0.5) is 0 Å². The fourth-order valence-corrected chi connectivity index (χ4v) is 5.28. The topological polar surface area (TPSA) is 51.5 Å². The second kappa shape index (κ2) is 6.95. The molecule has 3 aromatic rings. The lowest BCUT2D eigenvalue weighted by Crippen LogP contribution is -2.14. The number of nitrogens with zero attached hydrogens (tertiary/aromatic N) is 2. The molecule has 0 aliphatic carbocycles. The van der Waals surface area contributed by atoms with E-state index in [9.17, 15) is 8.42 Å². The molecule has 0 N–H and O–H groups in total. The van der Waals surface area contributed by atoms with Crippen molar-refractivity contribution in [2.75, 3.05) is 27.2 Å². The number of hydrogen-bond acceptors (Lipinski definition) is 4. The molecule has 5 nitrogen and oxygen atoms in total. The number of benzene rings is 2. The van der Waals surface area contributed by atoms with E-state index in [0.717, 1.165) is 27.1 Å². The van der Waals surface area contributed by atoms with Gasteiger partial charge in [0, 0.05) is 35.3 Å². The Bertz CT molecular complexity index is 1190. The maximum atomic E-state index is 13.4. The molecule has 0 spiro atoms. The minimum Gasteiger partial charge on any atom is -0.497 e. The first kappa shape index (κ1) is 19.1. The maximum absolute atomic E-state index is 13.4. The van der Waals surface area contributed by atoms with Crippen LogP contribution in [0.1, 0.15) is 11.1 Å². The summed E-state index contributed by atoms with van der Waals surface area (Å²) in [6, 6.07) is 12.3. The van der Waals surface area contributed by atoms with Crippen molar-refractivity contribution >= 4 is 38.1 Å². The van der Waals surface area contributed by atoms with Gasteiger partial charge in [0.25, 0.3) is 10.0 Å². The Morgan fingerprint density at radius 2 is 1.79 bits per heavy atom. The summed E-state index contributed by atoms with van der Waals surface area (Å²) in [5, 5.41) is 1.54. The zero-order valence-corrected chi connectivity index (χ0v) is 17.5. The number of ether oxygens (including phenoxy) is 1. The third-order valence-corrected chi connectivity index (χ3v) is 7.08. The minimum absolute atomic E-state index is 0.251. The van der Waals surface area contributed by atoms with Crippen LogP contribution >= 0.6 is 11.6 Å². The van der Waals surface area contributed by atoms with Crippen molar-refractivity contribution in [3.05, 3.63) is 64.8 Å². The van der Waals surface area contributed by atoms with E-state index in [0.29, 0.717) is 24.4 Å². The highest BCUT2D eigenvalue weighted by Crippen LogP contribution is 2.37. The van der Waals surface area contributed by atoms with Gasteiger partial charge in [-0.05, 0) is 49.9 Å². The molecule has 0 unspecified atom stereocenters. The number of rotatable bonds is 4. The molecule has 0 saturated heterocycles. The lowest BCUT2D eigenvalue weighted by Gasteiger charge is -2.08. The Morgan fingerprint density at radius 1 is 1.07 bits per heavy atom. The van der Waals surface area contributed by atoms with Crippen molar-refractivity contribution in [1.82, 2.24) is 8.87 Å². The van der Waals surface area contributed by atoms with Crippen LogP contribution in [0.3, 0.4) is 0 Å². The number of halogens is 1. The van der Waals surface area contributed by atoms with Gasteiger partial charge in [-0.1, -0.05) is 29.3 Å². The van der Waals surface area contributed by atoms with Crippen molar-refractivity contribution in [3.63, 3.8) is 0 Å². The second-order valence-electron chi connectivity index (χ2n) is 7.10. The van der Waals surface area contributed by atoms with E-state index in [1.165, 1.54) is 3.97 Å². The minimum atomic E-state index is -3.75. The zero-order chi connectivity index (χ0) is 20.1. The van der Waals surface area contributed by atoms with E-state index < -0.39 is 10.0 Å². The van der Waals surface area contributed by atoms with Gasteiger partial charge in [-0.2, -0.15) is 0 Å². The van der Waals surface area contributed by atoms with Crippen LogP contribution in [0.15, 0.2) is 58.6 Å². The summed E-state index contributed by atoms with van der Waals surface area (Å²) in [6.07, 6.45) is 1.68. The van der Waals surface area contributed by atoms with E-state index >= 15 is 0 Å². The van der Waals surface area contributed by atoms with Crippen LogP contribution in [0.5, 0.6) is 5.75 Å². The van der Waals surface area contributed by atoms with Gasteiger partial charge in [-0.25, -0.2) is 12.4 Å². The standard InChI is InChI=1S/C21H21ClN2O3S/c1-14-4-7-16(8-5-14)28(25,26)24-12-18(19-11-23(2)13-20(19)22)17-10-15(27-3)6-9-21(17)24/h4-10,12H,11,13H2,1-3H3. The van der Waals surface area contributed by atoms with Crippen molar-refractivity contribution in [3.8, 4) is 5.75 Å². The van der Waals surface area contributed by atoms with Crippen LogP contribution in [0, 0.1) is 6.92 Å². The highest BCUT2D eigenvalue weighted by atomic mass is 35.5. The summed E-state index contributed by atoms with van der Waals surface area (Å²) in [7, 11) is -0.167. The summed E-state index contributed by atoms with van der Waals surface area (Å²) >= 11 is 6.49. The van der Waals surface area contributed by atoms with Crippen molar-refractivity contribution < 1.29 is 13.2 Å². The van der Waals surface area contributed by atoms with E-state index in [4.69, 9.17) is 16.3 Å². The molecule has 1 aromatic heterocycles.